The minimum atomic E-state index is -1.09. The molecule has 2 N–H and O–H groups in total. The second kappa shape index (κ2) is 9.40. The van der Waals surface area contributed by atoms with Crippen LogP contribution in [0, 0.1) is 0 Å². The summed E-state index contributed by atoms with van der Waals surface area (Å²) in [6, 6.07) is 8.09. The topological polar surface area (TPSA) is 92.7 Å². The number of hydrogen-bond donors (Lipinski definition) is 2. The third kappa shape index (κ3) is 7.26. The van der Waals surface area contributed by atoms with Gasteiger partial charge in [-0.15, -0.1) is 0 Å². The zero-order chi connectivity index (χ0) is 17.2. The molecule has 1 amide bonds. The Morgan fingerprint density at radius 1 is 1.26 bits per heavy atom. The van der Waals surface area contributed by atoms with Crippen LogP contribution in [-0.2, 0) is 25.5 Å². The number of rotatable bonds is 9. The lowest BCUT2D eigenvalue weighted by molar-refractivity contribution is -0.141. The standard InChI is InChI=1S/C17H21NO5/c1-12(2)17(22)23-10-6-9-15(19)18-14(16(20)21)11-13-7-4-3-5-8-13/h3-5,7-8,14H,1,6,9-11H2,2H3,(H,18,19)(H,20,21). The van der Waals surface area contributed by atoms with Crippen LogP contribution >= 0.6 is 0 Å². The molecule has 0 heterocycles. The van der Waals surface area contributed by atoms with Crippen molar-refractivity contribution in [3.63, 3.8) is 0 Å². The number of nitrogens with one attached hydrogen (secondary N) is 1. The van der Waals surface area contributed by atoms with Gasteiger partial charge < -0.3 is 15.2 Å². The Balaban J connectivity index is 2.38. The van der Waals surface area contributed by atoms with Crippen molar-refractivity contribution in [2.45, 2.75) is 32.2 Å². The summed E-state index contributed by atoms with van der Waals surface area (Å²) in [6.07, 6.45) is 0.622. The minimum absolute atomic E-state index is 0.0854. The van der Waals surface area contributed by atoms with Gasteiger partial charge >= 0.3 is 11.9 Å². The maximum atomic E-state index is 11.8. The predicted molar refractivity (Wildman–Crippen MR) is 84.7 cm³/mol. The van der Waals surface area contributed by atoms with Crippen molar-refractivity contribution < 1.29 is 24.2 Å². The molecule has 0 aliphatic heterocycles. The molecule has 23 heavy (non-hydrogen) atoms. The first-order chi connectivity index (χ1) is 10.9. The molecular weight excluding hydrogens is 298 g/mol. The molecule has 1 rings (SSSR count). The maximum Gasteiger partial charge on any atom is 0.333 e. The lowest BCUT2D eigenvalue weighted by Crippen LogP contribution is -2.42. The smallest absolute Gasteiger partial charge is 0.333 e. The SMILES string of the molecule is C=C(C)C(=O)OCCCC(=O)NC(Cc1ccccc1)C(=O)O. The molecule has 0 bridgehead atoms. The largest absolute Gasteiger partial charge is 0.480 e. The lowest BCUT2D eigenvalue weighted by Gasteiger charge is -2.14. The van der Waals surface area contributed by atoms with Crippen molar-refractivity contribution in [2.75, 3.05) is 6.61 Å². The van der Waals surface area contributed by atoms with Crippen LogP contribution in [0.2, 0.25) is 0 Å². The lowest BCUT2D eigenvalue weighted by atomic mass is 10.1. The second-order valence-corrected chi connectivity index (χ2v) is 5.17. The van der Waals surface area contributed by atoms with Crippen molar-refractivity contribution in [1.82, 2.24) is 5.32 Å². The normalized spacial score (nSPS) is 11.3. The van der Waals surface area contributed by atoms with Gasteiger partial charge in [0, 0.05) is 18.4 Å². The number of aliphatic carboxylic acids is 1. The van der Waals surface area contributed by atoms with Crippen LogP contribution in [0.25, 0.3) is 0 Å². The fraction of sp³-hybridized carbons (Fsp3) is 0.353. The quantitative estimate of drug-likeness (QED) is 0.410. The van der Waals surface area contributed by atoms with Crippen LogP contribution in [0.5, 0.6) is 0 Å². The van der Waals surface area contributed by atoms with Gasteiger partial charge in [-0.25, -0.2) is 9.59 Å². The first-order valence-electron chi connectivity index (χ1n) is 7.29. The predicted octanol–water partition coefficient (Wildman–Crippen LogP) is 1.70. The van der Waals surface area contributed by atoms with E-state index in [0.29, 0.717) is 12.0 Å². The molecule has 124 valence electrons. The Morgan fingerprint density at radius 3 is 2.48 bits per heavy atom. The Morgan fingerprint density at radius 2 is 1.91 bits per heavy atom. The maximum absolute atomic E-state index is 11.8. The van der Waals surface area contributed by atoms with E-state index in [-0.39, 0.29) is 25.4 Å². The molecule has 0 aliphatic rings. The van der Waals surface area contributed by atoms with E-state index in [0.717, 1.165) is 5.56 Å². The van der Waals surface area contributed by atoms with E-state index in [1.807, 2.05) is 18.2 Å². The van der Waals surface area contributed by atoms with E-state index in [2.05, 4.69) is 11.9 Å². The molecule has 1 aromatic carbocycles. The zero-order valence-corrected chi connectivity index (χ0v) is 13.1. The van der Waals surface area contributed by atoms with Gasteiger partial charge in [-0.05, 0) is 18.9 Å². The van der Waals surface area contributed by atoms with Gasteiger partial charge in [0.15, 0.2) is 0 Å². The Hall–Kier alpha value is -2.63. The molecule has 1 atom stereocenters. The molecular formula is C17H21NO5. The average Bonchev–Trinajstić information content (AvgIpc) is 2.51. The van der Waals surface area contributed by atoms with Crippen molar-refractivity contribution in [1.29, 1.82) is 0 Å². The van der Waals surface area contributed by atoms with Gasteiger partial charge in [-0.1, -0.05) is 36.9 Å². The van der Waals surface area contributed by atoms with Gasteiger partial charge in [0.1, 0.15) is 6.04 Å². The van der Waals surface area contributed by atoms with E-state index in [1.165, 1.54) is 6.92 Å². The number of esters is 1. The molecule has 1 aromatic rings. The first kappa shape index (κ1) is 18.4. The highest BCUT2D eigenvalue weighted by atomic mass is 16.5. The fourth-order valence-corrected chi connectivity index (χ4v) is 1.84. The van der Waals surface area contributed by atoms with Gasteiger partial charge in [-0.2, -0.15) is 0 Å². The molecule has 0 radical (unpaired) electrons. The Kier molecular flexibility index (Phi) is 7.53. The van der Waals surface area contributed by atoms with E-state index in [9.17, 15) is 19.5 Å². The molecule has 0 aromatic heterocycles. The number of carbonyl (C=O) groups is 3. The number of carboxylic acid groups (broad SMARTS) is 1. The number of benzene rings is 1. The summed E-state index contributed by atoms with van der Waals surface area (Å²) >= 11 is 0. The zero-order valence-electron chi connectivity index (χ0n) is 13.1. The third-order valence-electron chi connectivity index (χ3n) is 3.05. The van der Waals surface area contributed by atoms with E-state index >= 15 is 0 Å². The Labute approximate surface area is 135 Å². The second-order valence-electron chi connectivity index (χ2n) is 5.17. The van der Waals surface area contributed by atoms with Gasteiger partial charge in [-0.3, -0.25) is 4.79 Å². The summed E-state index contributed by atoms with van der Waals surface area (Å²) in [6.45, 7) is 5.08. The molecule has 0 spiro atoms. The summed E-state index contributed by atoms with van der Waals surface area (Å²) in [7, 11) is 0. The summed E-state index contributed by atoms with van der Waals surface area (Å²) in [5.41, 5.74) is 1.12. The van der Waals surface area contributed by atoms with Crippen LogP contribution in [-0.4, -0.2) is 35.6 Å². The van der Waals surface area contributed by atoms with Gasteiger partial charge in [0.2, 0.25) is 5.91 Å². The van der Waals surface area contributed by atoms with Gasteiger partial charge in [0.05, 0.1) is 6.61 Å². The van der Waals surface area contributed by atoms with Crippen LogP contribution in [0.1, 0.15) is 25.3 Å². The molecule has 6 heteroatoms. The molecule has 0 saturated carbocycles. The number of hydrogen-bond acceptors (Lipinski definition) is 4. The highest BCUT2D eigenvalue weighted by Gasteiger charge is 2.20. The molecule has 0 fully saturated rings. The number of carboxylic acids is 1. The number of carbonyl (C=O) groups excluding carboxylic acids is 2. The molecule has 1 unspecified atom stereocenters. The molecule has 6 nitrogen and oxygen atoms in total. The third-order valence-corrected chi connectivity index (χ3v) is 3.05. The van der Waals surface area contributed by atoms with Crippen molar-refractivity contribution in [2.24, 2.45) is 0 Å². The van der Waals surface area contributed by atoms with E-state index in [4.69, 9.17) is 4.74 Å². The first-order valence-corrected chi connectivity index (χ1v) is 7.29. The van der Waals surface area contributed by atoms with Crippen molar-refractivity contribution in [3.05, 3.63) is 48.0 Å². The fourth-order valence-electron chi connectivity index (χ4n) is 1.84. The van der Waals surface area contributed by atoms with Crippen LogP contribution in [0.4, 0.5) is 0 Å². The van der Waals surface area contributed by atoms with Crippen molar-refractivity contribution in [3.8, 4) is 0 Å². The van der Waals surface area contributed by atoms with Gasteiger partial charge in [0.25, 0.3) is 0 Å². The van der Waals surface area contributed by atoms with E-state index < -0.39 is 18.0 Å². The number of ether oxygens (including phenoxy) is 1. The van der Waals surface area contributed by atoms with Crippen LogP contribution in [0.3, 0.4) is 0 Å². The summed E-state index contributed by atoms with van der Waals surface area (Å²) < 4.78 is 4.87. The minimum Gasteiger partial charge on any atom is -0.480 e. The summed E-state index contributed by atoms with van der Waals surface area (Å²) in [5.74, 6) is -1.98. The summed E-state index contributed by atoms with van der Waals surface area (Å²) in [4.78, 5) is 34.2. The summed E-state index contributed by atoms with van der Waals surface area (Å²) in [5, 5.41) is 11.7. The molecule has 0 aliphatic carbocycles. The monoisotopic (exact) mass is 319 g/mol. The number of amides is 1. The van der Waals surface area contributed by atoms with E-state index in [1.54, 1.807) is 12.1 Å². The highest BCUT2D eigenvalue weighted by Crippen LogP contribution is 2.04. The van der Waals surface area contributed by atoms with Crippen molar-refractivity contribution >= 4 is 17.8 Å². The highest BCUT2D eigenvalue weighted by molar-refractivity contribution is 5.87. The van der Waals surface area contributed by atoms with Crippen LogP contribution in [0.15, 0.2) is 42.5 Å². The Bertz CT molecular complexity index is 568. The average molecular weight is 319 g/mol. The molecule has 0 saturated heterocycles. The van der Waals surface area contributed by atoms with Crippen LogP contribution < -0.4 is 5.32 Å².